The maximum atomic E-state index is 13.4. The average Bonchev–Trinajstić information content (AvgIpc) is 3.01. The number of benzene rings is 3. The van der Waals surface area contributed by atoms with Crippen LogP contribution in [-0.4, -0.2) is 24.6 Å². The van der Waals surface area contributed by atoms with Gasteiger partial charge in [0.25, 0.3) is 11.4 Å². The van der Waals surface area contributed by atoms with Gasteiger partial charge in [-0.05, 0) is 48.5 Å². The number of rotatable bonds is 4. The van der Waals surface area contributed by atoms with E-state index in [0.717, 1.165) is 41.1 Å². The molecule has 1 N–H and O–H groups in total. The molecular weight excluding hydrogens is 416 g/mol. The predicted octanol–water partition coefficient (Wildman–Crippen LogP) is 4.00. The molecule has 10 nitrogen and oxygen atoms in total. The molecule has 1 aromatic heterocycles. The molecule has 0 aliphatic rings. The molecule has 0 fully saturated rings. The van der Waals surface area contributed by atoms with E-state index in [1.807, 2.05) is 0 Å². The quantitative estimate of drug-likeness (QED) is 0.299. The SMILES string of the molecule is O=[N+]([O-])c1cc([N+](=O)[O-])c2c(=Nc3ccc(F)cc3)n(-c3ccc(F)cc3)n(O)c2c1. The third kappa shape index (κ3) is 3.46. The molecule has 156 valence electrons. The lowest BCUT2D eigenvalue weighted by Gasteiger charge is -2.07. The molecular formula is C19H11F2N5O5. The lowest BCUT2D eigenvalue weighted by Crippen LogP contribution is -2.21. The monoisotopic (exact) mass is 427 g/mol. The van der Waals surface area contributed by atoms with Crippen LogP contribution in [0.4, 0.5) is 25.8 Å². The topological polar surface area (TPSA) is 129 Å². The van der Waals surface area contributed by atoms with Crippen molar-refractivity contribution in [3.63, 3.8) is 0 Å². The minimum atomic E-state index is -0.839. The molecule has 4 rings (SSSR count). The van der Waals surface area contributed by atoms with Crippen molar-refractivity contribution in [2.75, 3.05) is 0 Å². The standard InChI is InChI=1S/C19H11F2N5O5/c20-11-1-5-13(6-2-11)22-19-18-16(9-15(25(28)29)10-17(18)26(30)31)24(27)23(19)14-7-3-12(21)4-8-14/h1-10,27H. The molecule has 0 aliphatic heterocycles. The fourth-order valence-corrected chi connectivity index (χ4v) is 3.09. The van der Waals surface area contributed by atoms with E-state index >= 15 is 0 Å². The molecule has 3 aromatic carbocycles. The lowest BCUT2D eigenvalue weighted by molar-refractivity contribution is -0.393. The van der Waals surface area contributed by atoms with E-state index in [-0.39, 0.29) is 27.8 Å². The zero-order valence-electron chi connectivity index (χ0n) is 15.3. The van der Waals surface area contributed by atoms with Gasteiger partial charge in [-0.2, -0.15) is 0 Å². The van der Waals surface area contributed by atoms with Crippen LogP contribution in [0.3, 0.4) is 0 Å². The lowest BCUT2D eigenvalue weighted by atomic mass is 10.2. The maximum absolute atomic E-state index is 13.4. The summed E-state index contributed by atoms with van der Waals surface area (Å²) in [7, 11) is 0. The average molecular weight is 427 g/mol. The number of nitro groups is 2. The largest absolute Gasteiger partial charge is 0.412 e. The van der Waals surface area contributed by atoms with Crippen molar-refractivity contribution in [2.45, 2.75) is 0 Å². The van der Waals surface area contributed by atoms with E-state index < -0.39 is 32.9 Å². The Bertz CT molecular complexity index is 1410. The Morgan fingerprint density at radius 1 is 0.871 bits per heavy atom. The van der Waals surface area contributed by atoms with Crippen molar-refractivity contribution >= 4 is 28.0 Å². The Labute approximate surface area is 170 Å². The van der Waals surface area contributed by atoms with Crippen LogP contribution in [0.1, 0.15) is 0 Å². The van der Waals surface area contributed by atoms with E-state index in [1.165, 1.54) is 24.3 Å². The summed E-state index contributed by atoms with van der Waals surface area (Å²) in [4.78, 5) is 26.0. The smallest absolute Gasteiger partial charge is 0.289 e. The molecule has 12 heteroatoms. The third-order valence-corrected chi connectivity index (χ3v) is 4.45. The Balaban J connectivity index is 2.19. The van der Waals surface area contributed by atoms with Gasteiger partial charge in [0.15, 0.2) is 5.49 Å². The van der Waals surface area contributed by atoms with E-state index in [9.17, 15) is 34.2 Å². The molecule has 0 spiro atoms. The van der Waals surface area contributed by atoms with Gasteiger partial charge in [0.05, 0.1) is 27.3 Å². The van der Waals surface area contributed by atoms with Crippen molar-refractivity contribution in [3.8, 4) is 5.69 Å². The number of nitrogens with zero attached hydrogens (tertiary/aromatic N) is 5. The summed E-state index contributed by atoms with van der Waals surface area (Å²) in [5.74, 6) is -1.10. The Hall–Kier alpha value is -4.61. The summed E-state index contributed by atoms with van der Waals surface area (Å²) in [6.45, 7) is 0. The predicted molar refractivity (Wildman–Crippen MR) is 103 cm³/mol. The molecule has 0 saturated heterocycles. The van der Waals surface area contributed by atoms with Gasteiger partial charge in [0, 0.05) is 6.07 Å². The Morgan fingerprint density at radius 2 is 1.45 bits per heavy atom. The van der Waals surface area contributed by atoms with Crippen molar-refractivity contribution in [2.24, 2.45) is 4.99 Å². The number of nitro benzene ring substituents is 2. The fourth-order valence-electron chi connectivity index (χ4n) is 3.09. The molecule has 0 saturated carbocycles. The molecule has 31 heavy (non-hydrogen) atoms. The number of non-ortho nitro benzene ring substituents is 2. The molecule has 0 radical (unpaired) electrons. The van der Waals surface area contributed by atoms with Gasteiger partial charge in [-0.1, -0.05) is 0 Å². The molecule has 0 atom stereocenters. The van der Waals surface area contributed by atoms with Gasteiger partial charge in [-0.25, -0.2) is 18.5 Å². The number of halogens is 2. The highest BCUT2D eigenvalue weighted by Gasteiger charge is 2.27. The van der Waals surface area contributed by atoms with Crippen LogP contribution in [0.25, 0.3) is 16.6 Å². The second kappa shape index (κ2) is 7.33. The molecule has 0 bridgehead atoms. The molecule has 0 amide bonds. The Morgan fingerprint density at radius 3 is 2.00 bits per heavy atom. The summed E-state index contributed by atoms with van der Waals surface area (Å²) >= 11 is 0. The van der Waals surface area contributed by atoms with Crippen molar-refractivity contribution in [3.05, 3.63) is 98.0 Å². The zero-order chi connectivity index (χ0) is 22.3. The van der Waals surface area contributed by atoms with Gasteiger partial charge in [-0.3, -0.25) is 20.2 Å². The second-order valence-electron chi connectivity index (χ2n) is 6.36. The van der Waals surface area contributed by atoms with Crippen LogP contribution in [0.15, 0.2) is 65.7 Å². The van der Waals surface area contributed by atoms with Crippen LogP contribution in [0.2, 0.25) is 0 Å². The van der Waals surface area contributed by atoms with Crippen LogP contribution in [0.5, 0.6) is 0 Å². The van der Waals surface area contributed by atoms with Crippen molar-refractivity contribution in [1.82, 2.24) is 9.53 Å². The minimum absolute atomic E-state index is 0.165. The first kappa shape index (κ1) is 19.7. The Kier molecular flexibility index (Phi) is 4.66. The number of fused-ring (bicyclic) bond motifs is 1. The number of hydrogen-bond acceptors (Lipinski definition) is 6. The third-order valence-electron chi connectivity index (χ3n) is 4.45. The van der Waals surface area contributed by atoms with Gasteiger partial charge in [0.2, 0.25) is 0 Å². The van der Waals surface area contributed by atoms with Crippen molar-refractivity contribution < 1.29 is 23.8 Å². The van der Waals surface area contributed by atoms with Gasteiger partial charge in [-0.15, -0.1) is 4.85 Å². The van der Waals surface area contributed by atoms with E-state index in [4.69, 9.17) is 0 Å². The summed E-state index contributed by atoms with van der Waals surface area (Å²) in [6.07, 6.45) is 0. The molecule has 0 unspecified atom stereocenters. The summed E-state index contributed by atoms with van der Waals surface area (Å²) < 4.78 is 27.7. The van der Waals surface area contributed by atoms with Crippen LogP contribution in [-0.2, 0) is 0 Å². The number of hydrogen-bond donors (Lipinski definition) is 1. The van der Waals surface area contributed by atoms with Crippen LogP contribution >= 0.6 is 0 Å². The van der Waals surface area contributed by atoms with Gasteiger partial charge in [0.1, 0.15) is 22.5 Å². The highest BCUT2D eigenvalue weighted by molar-refractivity contribution is 5.90. The molecule has 0 aliphatic carbocycles. The van der Waals surface area contributed by atoms with Crippen LogP contribution < -0.4 is 5.49 Å². The van der Waals surface area contributed by atoms with Gasteiger partial charge < -0.3 is 5.21 Å². The summed E-state index contributed by atoms with van der Waals surface area (Å²) in [5, 5.41) is 33.5. The summed E-state index contributed by atoms with van der Waals surface area (Å²) in [5.41, 5.74) is -1.38. The first-order chi connectivity index (χ1) is 14.8. The zero-order valence-corrected chi connectivity index (χ0v) is 15.3. The second-order valence-corrected chi connectivity index (χ2v) is 6.36. The normalized spacial score (nSPS) is 11.7. The summed E-state index contributed by atoms with van der Waals surface area (Å²) in [6, 6.07) is 11.3. The highest BCUT2D eigenvalue weighted by Crippen LogP contribution is 2.30. The maximum Gasteiger partial charge on any atom is 0.289 e. The van der Waals surface area contributed by atoms with Gasteiger partial charge >= 0.3 is 0 Å². The fraction of sp³-hybridized carbons (Fsp3) is 0. The van der Waals surface area contributed by atoms with E-state index in [0.29, 0.717) is 4.85 Å². The first-order valence-electron chi connectivity index (χ1n) is 8.62. The highest BCUT2D eigenvalue weighted by atomic mass is 19.1. The molecule has 4 aromatic rings. The van der Waals surface area contributed by atoms with E-state index in [2.05, 4.69) is 4.99 Å². The minimum Gasteiger partial charge on any atom is -0.412 e. The van der Waals surface area contributed by atoms with Crippen molar-refractivity contribution in [1.29, 1.82) is 0 Å². The molecule has 1 heterocycles. The first-order valence-corrected chi connectivity index (χ1v) is 8.62. The van der Waals surface area contributed by atoms with Crippen LogP contribution in [0, 0.1) is 31.9 Å². The number of aromatic nitrogens is 2. The van der Waals surface area contributed by atoms with E-state index in [1.54, 1.807) is 0 Å².